The highest BCUT2D eigenvalue weighted by atomic mass is 19.4. The van der Waals surface area contributed by atoms with Crippen molar-refractivity contribution in [2.24, 2.45) is 5.10 Å². The van der Waals surface area contributed by atoms with Crippen LogP contribution in [0.3, 0.4) is 0 Å². The number of nitro benzene ring substituents is 1. The predicted molar refractivity (Wildman–Crippen MR) is 77.4 cm³/mol. The summed E-state index contributed by atoms with van der Waals surface area (Å²) in [6.45, 7) is 0. The zero-order valence-corrected chi connectivity index (χ0v) is 11.4. The van der Waals surface area contributed by atoms with Gasteiger partial charge >= 0.3 is 11.9 Å². The summed E-state index contributed by atoms with van der Waals surface area (Å²) in [5.74, 6) is -0.512. The van der Waals surface area contributed by atoms with E-state index in [-0.39, 0.29) is 11.3 Å². The molecule has 0 amide bonds. The number of nitrogens with zero attached hydrogens (tertiary/aromatic N) is 2. The van der Waals surface area contributed by atoms with Gasteiger partial charge in [-0.3, -0.25) is 15.5 Å². The van der Waals surface area contributed by atoms with Gasteiger partial charge in [-0.05, 0) is 24.3 Å². The SMILES string of the molecule is O=[N+]([O-])c1cc(/C=N/Nc2ccccc2C(F)(F)F)ccc1O. The lowest BCUT2D eigenvalue weighted by Crippen LogP contribution is -2.08. The van der Waals surface area contributed by atoms with E-state index >= 15 is 0 Å². The van der Waals surface area contributed by atoms with Gasteiger partial charge in [0.05, 0.1) is 22.4 Å². The largest absolute Gasteiger partial charge is 0.502 e. The van der Waals surface area contributed by atoms with E-state index in [9.17, 15) is 28.4 Å². The summed E-state index contributed by atoms with van der Waals surface area (Å²) in [5.41, 5.74) is 0.841. The Kier molecular flexibility index (Phi) is 4.49. The predicted octanol–water partition coefficient (Wildman–Crippen LogP) is 3.77. The lowest BCUT2D eigenvalue weighted by molar-refractivity contribution is -0.385. The van der Waals surface area contributed by atoms with Crippen LogP contribution in [0.2, 0.25) is 0 Å². The minimum Gasteiger partial charge on any atom is -0.502 e. The van der Waals surface area contributed by atoms with Gasteiger partial charge < -0.3 is 5.11 Å². The maximum atomic E-state index is 12.8. The second-order valence-electron chi connectivity index (χ2n) is 4.42. The minimum absolute atomic E-state index is 0.242. The zero-order valence-electron chi connectivity index (χ0n) is 11.4. The van der Waals surface area contributed by atoms with Gasteiger partial charge in [-0.1, -0.05) is 12.1 Å². The Morgan fingerprint density at radius 1 is 1.22 bits per heavy atom. The Morgan fingerprint density at radius 3 is 2.57 bits per heavy atom. The number of hydrogen-bond acceptors (Lipinski definition) is 5. The van der Waals surface area contributed by atoms with Gasteiger partial charge in [0.2, 0.25) is 0 Å². The van der Waals surface area contributed by atoms with Gasteiger partial charge in [0.1, 0.15) is 0 Å². The third-order valence-electron chi connectivity index (χ3n) is 2.83. The molecule has 0 aliphatic rings. The van der Waals surface area contributed by atoms with Crippen molar-refractivity contribution in [2.75, 3.05) is 5.43 Å². The molecule has 0 bridgehead atoms. The van der Waals surface area contributed by atoms with Crippen molar-refractivity contribution >= 4 is 17.6 Å². The lowest BCUT2D eigenvalue weighted by atomic mass is 10.2. The van der Waals surface area contributed by atoms with E-state index in [1.54, 1.807) is 0 Å². The van der Waals surface area contributed by atoms with E-state index in [2.05, 4.69) is 10.5 Å². The van der Waals surface area contributed by atoms with E-state index in [0.29, 0.717) is 0 Å². The fourth-order valence-corrected chi connectivity index (χ4v) is 1.77. The van der Waals surface area contributed by atoms with Crippen molar-refractivity contribution in [1.29, 1.82) is 0 Å². The summed E-state index contributed by atoms with van der Waals surface area (Å²) in [6, 6.07) is 8.27. The second kappa shape index (κ2) is 6.34. The Bertz CT molecular complexity index is 760. The summed E-state index contributed by atoms with van der Waals surface area (Å²) in [5, 5.41) is 23.6. The van der Waals surface area contributed by atoms with Crippen molar-refractivity contribution < 1.29 is 23.2 Å². The van der Waals surface area contributed by atoms with Crippen LogP contribution in [-0.2, 0) is 6.18 Å². The first kappa shape index (κ1) is 16.3. The van der Waals surface area contributed by atoms with Crippen LogP contribution >= 0.6 is 0 Å². The number of para-hydroxylation sites is 1. The van der Waals surface area contributed by atoms with Gasteiger partial charge in [0.15, 0.2) is 5.75 Å². The number of alkyl halides is 3. The van der Waals surface area contributed by atoms with Crippen molar-refractivity contribution in [3.63, 3.8) is 0 Å². The summed E-state index contributed by atoms with van der Waals surface area (Å²) in [6.07, 6.45) is -3.42. The highest BCUT2D eigenvalue weighted by Gasteiger charge is 2.33. The van der Waals surface area contributed by atoms with Crippen LogP contribution in [0.4, 0.5) is 24.5 Å². The quantitative estimate of drug-likeness (QED) is 0.509. The first-order valence-corrected chi connectivity index (χ1v) is 6.22. The van der Waals surface area contributed by atoms with Crippen molar-refractivity contribution in [3.05, 3.63) is 63.7 Å². The van der Waals surface area contributed by atoms with E-state index in [1.807, 2.05) is 0 Å². The Balaban J connectivity index is 2.21. The molecular formula is C14H10F3N3O3. The van der Waals surface area contributed by atoms with Gasteiger partial charge in [0, 0.05) is 11.6 Å². The number of phenols is 1. The molecule has 23 heavy (non-hydrogen) atoms. The van der Waals surface area contributed by atoms with Crippen LogP contribution in [0.1, 0.15) is 11.1 Å². The van der Waals surface area contributed by atoms with Crippen LogP contribution in [0.25, 0.3) is 0 Å². The van der Waals surface area contributed by atoms with Crippen molar-refractivity contribution in [2.45, 2.75) is 6.18 Å². The monoisotopic (exact) mass is 325 g/mol. The molecule has 0 atom stereocenters. The summed E-state index contributed by atoms with van der Waals surface area (Å²) >= 11 is 0. The first-order valence-electron chi connectivity index (χ1n) is 6.22. The van der Waals surface area contributed by atoms with Crippen LogP contribution in [-0.4, -0.2) is 16.2 Å². The lowest BCUT2D eigenvalue weighted by Gasteiger charge is -2.11. The molecule has 0 saturated heterocycles. The molecular weight excluding hydrogens is 315 g/mol. The molecule has 2 rings (SSSR count). The molecule has 2 N–H and O–H groups in total. The average Bonchev–Trinajstić information content (AvgIpc) is 2.48. The third-order valence-corrected chi connectivity index (χ3v) is 2.83. The second-order valence-corrected chi connectivity index (χ2v) is 4.42. The fourth-order valence-electron chi connectivity index (χ4n) is 1.77. The van der Waals surface area contributed by atoms with Gasteiger partial charge in [-0.15, -0.1) is 0 Å². The van der Waals surface area contributed by atoms with E-state index in [0.717, 1.165) is 24.4 Å². The molecule has 0 spiro atoms. The standard InChI is InChI=1S/C14H10F3N3O3/c15-14(16,17)10-3-1-2-4-11(10)19-18-8-9-5-6-13(21)12(7-9)20(22)23/h1-8,19,21H/b18-8+. The van der Waals surface area contributed by atoms with Crippen LogP contribution in [0, 0.1) is 10.1 Å². The molecule has 0 aromatic heterocycles. The van der Waals surface area contributed by atoms with Crippen LogP contribution < -0.4 is 5.43 Å². The number of hydrazone groups is 1. The topological polar surface area (TPSA) is 87.8 Å². The maximum absolute atomic E-state index is 12.8. The Hall–Kier alpha value is -3.10. The molecule has 0 aliphatic heterocycles. The number of nitro groups is 1. The maximum Gasteiger partial charge on any atom is 0.418 e. The molecule has 9 heteroatoms. The normalized spacial score (nSPS) is 11.6. The number of anilines is 1. The molecule has 0 fully saturated rings. The number of hydrogen-bond donors (Lipinski definition) is 2. The molecule has 2 aromatic rings. The number of benzene rings is 2. The molecule has 0 heterocycles. The molecule has 0 aliphatic carbocycles. The highest BCUT2D eigenvalue weighted by Crippen LogP contribution is 2.34. The highest BCUT2D eigenvalue weighted by molar-refractivity contribution is 5.82. The smallest absolute Gasteiger partial charge is 0.418 e. The third kappa shape index (κ3) is 3.96. The molecule has 2 aromatic carbocycles. The average molecular weight is 325 g/mol. The molecule has 0 unspecified atom stereocenters. The van der Waals surface area contributed by atoms with Crippen molar-refractivity contribution in [3.8, 4) is 5.75 Å². The molecule has 6 nitrogen and oxygen atoms in total. The van der Waals surface area contributed by atoms with Gasteiger partial charge in [-0.25, -0.2) is 0 Å². The Labute approximate surface area is 128 Å². The number of aromatic hydroxyl groups is 1. The first-order chi connectivity index (χ1) is 10.8. The van der Waals surface area contributed by atoms with Crippen molar-refractivity contribution in [1.82, 2.24) is 0 Å². The van der Waals surface area contributed by atoms with E-state index in [4.69, 9.17) is 0 Å². The number of rotatable bonds is 4. The number of nitrogens with one attached hydrogen (secondary N) is 1. The van der Waals surface area contributed by atoms with Gasteiger partial charge in [-0.2, -0.15) is 18.3 Å². The summed E-state index contributed by atoms with van der Waals surface area (Å²) < 4.78 is 38.4. The van der Waals surface area contributed by atoms with Gasteiger partial charge in [0.25, 0.3) is 0 Å². The Morgan fingerprint density at radius 2 is 1.91 bits per heavy atom. The number of phenolic OH excluding ortho intramolecular Hbond substituents is 1. The fraction of sp³-hybridized carbons (Fsp3) is 0.0714. The molecule has 0 radical (unpaired) electrons. The van der Waals surface area contributed by atoms with E-state index in [1.165, 1.54) is 24.3 Å². The zero-order chi connectivity index (χ0) is 17.0. The van der Waals surface area contributed by atoms with Crippen LogP contribution in [0.5, 0.6) is 5.75 Å². The molecule has 0 saturated carbocycles. The van der Waals surface area contributed by atoms with Crippen LogP contribution in [0.15, 0.2) is 47.6 Å². The number of halogens is 3. The minimum atomic E-state index is -4.53. The summed E-state index contributed by atoms with van der Waals surface area (Å²) in [7, 11) is 0. The molecule has 120 valence electrons. The summed E-state index contributed by atoms with van der Waals surface area (Å²) in [4.78, 5) is 9.91. The van der Waals surface area contributed by atoms with E-state index < -0.39 is 28.1 Å².